The topological polar surface area (TPSA) is 374 Å². The third kappa shape index (κ3) is 25.9. The molecule has 36 nitrogen and oxygen atoms in total. The molecule has 4 atom stereocenters. The number of hydrogen-bond acceptors (Lipinski definition) is 31. The maximum Gasteiger partial charge on any atom is 0.306 e. The molecule has 1 N–H and O–H groups in total. The van der Waals surface area contributed by atoms with E-state index in [0.717, 1.165) is 16.7 Å². The van der Waals surface area contributed by atoms with E-state index in [9.17, 15) is 33.9 Å². The van der Waals surface area contributed by atoms with Crippen LogP contribution in [0.3, 0.4) is 0 Å². The quantitative estimate of drug-likeness (QED) is 0.0210. The van der Waals surface area contributed by atoms with Crippen molar-refractivity contribution in [3.05, 3.63) is 164 Å². The number of carbonyl (C=O) groups is 6. The van der Waals surface area contributed by atoms with Gasteiger partial charge < -0.3 is 105 Å². The number of aliphatic imine (C=N–C) groups is 4. The molecule has 0 saturated carbocycles. The molecule has 8 aliphatic heterocycles. The molecule has 8 aliphatic rings. The molecule has 0 radical (unpaired) electrons. The highest BCUT2D eigenvalue weighted by atomic mass is 16.6. The van der Waals surface area contributed by atoms with E-state index >= 15 is 0 Å². The SMILES string of the molecule is CC=C1CC2C=Nc3cc(OCc4cc(OCCN(CCOCCOCCOC)CCC(=O)O)cc(COc5cc6c(cc5OC)C(=O)N5CC(=CCCC=C7CC8C=Nc9cc(OCc%10cc(OCCN(CCOCCOCCOC)CCC(=O)OC)cc(COc%11cc%12c(cc%11OC)C(=O)N%11CC(=CC)CC%11C=N%12)n%10)c(OC)cc9C(=O)N8C7)CC5C=N6)n4)c(OC)cc3C(=O)N2C1. The van der Waals surface area contributed by atoms with Crippen LogP contribution in [0.5, 0.6) is 57.5 Å². The summed E-state index contributed by atoms with van der Waals surface area (Å²) < 4.78 is 100. The number of ether oxygens (including phenoxy) is 17. The minimum Gasteiger partial charge on any atom is -0.493 e. The standard InChI is InChI=1S/C99H120N12O24/c1-10-64-36-72-52-100-82-48-90(86(121-5)44-78(82)96(115)108(72)56-64)132-60-68-40-76(130-26-22-106(18-16-94(112)113)20-24-126-32-34-128-30-28-119-3)41-69(104-68)61-134-92-50-84-80(46-88(92)123-7)98(117)110-58-66(38-74(110)54-102-84)14-12-13-15-67-39-75-55-103-85-51-93(89(124-8)47-81(85)99(118)111(75)59-67)135-63-71-43-77(131-27-23-107(19-17-95(114)125-9)21-25-127-33-35-129-31-29-120-4)42-70(105-71)62-133-91-49-83-79(45-87(91)122-6)97(116)109-57-65(11-2)37-73(109)53-101-83/h10-11,14-15,40-55,72-75H,12-13,16-39,56-63H2,1-9H3,(H,112,113). The number of aromatic nitrogens is 2. The Morgan fingerprint density at radius 3 is 0.963 bits per heavy atom. The number of carboxylic acid groups (broad SMARTS) is 1. The number of pyridine rings is 2. The number of carbonyl (C=O) groups excluding carboxylic acids is 5. The van der Waals surface area contributed by atoms with Crippen molar-refractivity contribution >= 4 is 83.2 Å². The number of carboxylic acids is 1. The second-order valence-electron chi connectivity index (χ2n) is 33.2. The van der Waals surface area contributed by atoms with Crippen LogP contribution >= 0.6 is 0 Å². The first-order valence-electron chi connectivity index (χ1n) is 45.6. The molecule has 10 heterocycles. The van der Waals surface area contributed by atoms with Gasteiger partial charge >= 0.3 is 11.9 Å². The second-order valence-corrected chi connectivity index (χ2v) is 33.2. The van der Waals surface area contributed by atoms with Crippen molar-refractivity contribution in [3.8, 4) is 57.5 Å². The van der Waals surface area contributed by atoms with Crippen LogP contribution in [0.1, 0.15) is 129 Å². The summed E-state index contributed by atoms with van der Waals surface area (Å²) in [4.78, 5) is 122. The molecule has 2 aromatic heterocycles. The van der Waals surface area contributed by atoms with Crippen molar-refractivity contribution in [3.63, 3.8) is 0 Å². The summed E-state index contributed by atoms with van der Waals surface area (Å²) >= 11 is 0. The first kappa shape index (κ1) is 98.3. The summed E-state index contributed by atoms with van der Waals surface area (Å²) in [6.45, 7) is 12.5. The minimum atomic E-state index is -0.927. The number of aliphatic carboxylic acids is 1. The predicted molar refractivity (Wildman–Crippen MR) is 501 cm³/mol. The Labute approximate surface area is 785 Å². The largest absolute Gasteiger partial charge is 0.493 e. The number of rotatable bonds is 51. The lowest BCUT2D eigenvalue weighted by molar-refractivity contribution is -0.141. The van der Waals surface area contributed by atoms with Gasteiger partial charge in [0.25, 0.3) is 23.6 Å². The van der Waals surface area contributed by atoms with Crippen molar-refractivity contribution in [2.45, 2.75) is 116 Å². The van der Waals surface area contributed by atoms with Gasteiger partial charge in [-0.15, -0.1) is 0 Å². The fourth-order valence-corrected chi connectivity index (χ4v) is 17.0. The zero-order chi connectivity index (χ0) is 94.7. The highest BCUT2D eigenvalue weighted by molar-refractivity contribution is 6.07. The van der Waals surface area contributed by atoms with E-state index in [1.54, 1.807) is 99.4 Å². The maximum absolute atomic E-state index is 14.7. The smallest absolute Gasteiger partial charge is 0.306 e. The predicted octanol–water partition coefficient (Wildman–Crippen LogP) is 11.5. The van der Waals surface area contributed by atoms with Gasteiger partial charge in [-0.25, -0.2) is 0 Å². The molecule has 720 valence electrons. The summed E-state index contributed by atoms with van der Waals surface area (Å²) in [5.41, 5.74) is 9.65. The van der Waals surface area contributed by atoms with E-state index in [-0.39, 0.29) is 113 Å². The number of unbranched alkanes of at least 4 members (excludes halogenated alkanes) is 1. The molecule has 4 amide bonds. The summed E-state index contributed by atoms with van der Waals surface area (Å²) in [6.07, 6.45) is 19.8. The summed E-state index contributed by atoms with van der Waals surface area (Å²) in [5.74, 6) is 1.55. The zero-order valence-corrected chi connectivity index (χ0v) is 78.1. The van der Waals surface area contributed by atoms with Crippen LogP contribution in [-0.2, 0) is 69.2 Å². The Morgan fingerprint density at radius 1 is 0.363 bits per heavy atom. The molecule has 6 aromatic rings. The minimum absolute atomic E-state index is 0.0521. The number of benzene rings is 4. The summed E-state index contributed by atoms with van der Waals surface area (Å²) in [6, 6.07) is 19.5. The average Bonchev–Trinajstić information content (AvgIpc) is 1.67. The van der Waals surface area contributed by atoms with Crippen LogP contribution in [0.2, 0.25) is 0 Å². The Morgan fingerprint density at radius 2 is 0.659 bits per heavy atom. The molecular formula is C99H120N12O24. The van der Waals surface area contributed by atoms with Gasteiger partial charge in [0.05, 0.1) is 206 Å². The molecule has 4 fully saturated rings. The lowest BCUT2D eigenvalue weighted by Gasteiger charge is -2.22. The van der Waals surface area contributed by atoms with Crippen LogP contribution in [0, 0.1) is 0 Å². The third-order valence-corrected chi connectivity index (χ3v) is 24.3. The molecule has 4 unspecified atom stereocenters. The van der Waals surface area contributed by atoms with Gasteiger partial charge in [0.1, 0.15) is 51.1 Å². The molecule has 0 bridgehead atoms. The monoisotopic (exact) mass is 1860 g/mol. The van der Waals surface area contributed by atoms with Gasteiger partial charge in [0.15, 0.2) is 46.0 Å². The third-order valence-electron chi connectivity index (χ3n) is 24.3. The van der Waals surface area contributed by atoms with Gasteiger partial charge in [0, 0.05) is 153 Å². The lowest BCUT2D eigenvalue weighted by atomic mass is 10.1. The molecule has 4 aromatic carbocycles. The highest BCUT2D eigenvalue weighted by Gasteiger charge is 2.40. The number of hydrogen-bond donors (Lipinski definition) is 1. The second kappa shape index (κ2) is 48.5. The van der Waals surface area contributed by atoms with Crippen LogP contribution in [0.4, 0.5) is 22.7 Å². The van der Waals surface area contributed by atoms with Gasteiger partial charge in [-0.3, -0.25) is 68.5 Å². The molecule has 0 aliphatic carbocycles. The number of allylic oxidation sites excluding steroid dienone is 4. The molecule has 36 heteroatoms. The number of fused-ring (bicyclic) bond motifs is 8. The van der Waals surface area contributed by atoms with Crippen LogP contribution in [-0.4, -0.2) is 324 Å². The van der Waals surface area contributed by atoms with Gasteiger partial charge in [-0.2, -0.15) is 0 Å². The molecule has 14 rings (SSSR count). The fourth-order valence-electron chi connectivity index (χ4n) is 17.0. The number of amides is 4. The van der Waals surface area contributed by atoms with Gasteiger partial charge in [-0.1, -0.05) is 46.6 Å². The van der Waals surface area contributed by atoms with Crippen molar-refractivity contribution < 1.29 is 114 Å². The first-order chi connectivity index (χ1) is 65.8. The Kier molecular flexibility index (Phi) is 35.3. The van der Waals surface area contributed by atoms with Crippen molar-refractivity contribution in [1.29, 1.82) is 0 Å². The average molecular weight is 1860 g/mol. The Hall–Kier alpha value is -12.7. The molecule has 135 heavy (non-hydrogen) atoms. The van der Waals surface area contributed by atoms with Crippen LogP contribution < -0.4 is 47.4 Å². The number of methoxy groups -OCH3 is 7. The number of nitrogens with zero attached hydrogens (tertiary/aromatic N) is 12. The van der Waals surface area contributed by atoms with Crippen LogP contribution in [0.25, 0.3) is 0 Å². The summed E-state index contributed by atoms with van der Waals surface area (Å²) in [5, 5.41) is 9.61. The molecular weight excluding hydrogens is 1740 g/mol. The Balaban J connectivity index is 0.605. The first-order valence-corrected chi connectivity index (χ1v) is 45.6. The van der Waals surface area contributed by atoms with E-state index in [1.165, 1.54) is 41.1 Å². The van der Waals surface area contributed by atoms with Gasteiger partial charge in [-0.05, 0) is 76.6 Å². The zero-order valence-electron chi connectivity index (χ0n) is 78.1. The van der Waals surface area contributed by atoms with E-state index in [1.807, 2.05) is 62.9 Å². The van der Waals surface area contributed by atoms with Gasteiger partial charge in [0.2, 0.25) is 0 Å². The maximum atomic E-state index is 14.7. The Bertz CT molecular complexity index is 5470. The van der Waals surface area contributed by atoms with Crippen molar-refractivity contribution in [2.75, 3.05) is 194 Å². The fraction of sp³-hybridized carbons (Fsp3) is 0.475. The highest BCUT2D eigenvalue weighted by Crippen LogP contribution is 2.45. The van der Waals surface area contributed by atoms with Crippen molar-refractivity contribution in [2.24, 2.45) is 20.0 Å². The number of esters is 1. The normalized spacial score (nSPS) is 18.5. The van der Waals surface area contributed by atoms with E-state index in [0.29, 0.717) is 289 Å². The van der Waals surface area contributed by atoms with E-state index in [2.05, 4.69) is 17.1 Å². The van der Waals surface area contributed by atoms with E-state index < -0.39 is 5.97 Å². The molecule has 0 spiro atoms. The molecule has 4 saturated heterocycles. The summed E-state index contributed by atoms with van der Waals surface area (Å²) in [7, 11) is 10.6. The van der Waals surface area contributed by atoms with E-state index in [4.69, 9.17) is 110 Å². The van der Waals surface area contributed by atoms with Crippen molar-refractivity contribution in [1.82, 2.24) is 39.4 Å². The lowest BCUT2D eigenvalue weighted by Crippen LogP contribution is -2.35. The van der Waals surface area contributed by atoms with Crippen LogP contribution in [0.15, 0.2) is 139 Å².